The molecule has 0 heterocycles. The smallest absolute Gasteiger partial charge is 0.292 e. The number of halogens is 5. The first kappa shape index (κ1) is 15.5. The first-order chi connectivity index (χ1) is 9.24. The van der Waals surface area contributed by atoms with E-state index in [1.165, 1.54) is 6.08 Å². The van der Waals surface area contributed by atoms with E-state index < -0.39 is 16.1 Å². The van der Waals surface area contributed by atoms with Crippen LogP contribution in [-0.4, -0.2) is 16.3 Å². The van der Waals surface area contributed by atoms with Crippen molar-refractivity contribution in [2.45, 2.75) is 16.9 Å². The van der Waals surface area contributed by atoms with Crippen LogP contribution in [0.5, 0.6) is 0 Å². The van der Waals surface area contributed by atoms with Gasteiger partial charge in [0.25, 0.3) is 0 Å². The summed E-state index contributed by atoms with van der Waals surface area (Å²) < 4.78 is 36.9. The lowest BCUT2D eigenvalue weighted by Gasteiger charge is -2.27. The summed E-state index contributed by atoms with van der Waals surface area (Å²) in [6, 6.07) is 8.46. The first-order valence-corrected chi connectivity index (χ1v) is 7.27. The van der Waals surface area contributed by atoms with E-state index in [0.717, 1.165) is 6.08 Å². The topological polar surface area (TPSA) is 17.1 Å². The zero-order chi connectivity index (χ0) is 15.0. The Hall–Kier alpha value is -0.880. The standard InChI is InChI=1S/C14H9Br2F3O/c15-11-8-13(16,7-6-10(11)14(17,18)19)12(20)9-4-2-1-3-5-9/h1-6,8H,7H2. The van der Waals surface area contributed by atoms with E-state index in [9.17, 15) is 18.0 Å². The van der Waals surface area contributed by atoms with E-state index in [0.29, 0.717) is 5.56 Å². The van der Waals surface area contributed by atoms with Gasteiger partial charge >= 0.3 is 6.18 Å². The molecule has 0 spiro atoms. The van der Waals surface area contributed by atoms with Crippen molar-refractivity contribution < 1.29 is 18.0 Å². The van der Waals surface area contributed by atoms with E-state index in [4.69, 9.17) is 0 Å². The van der Waals surface area contributed by atoms with Crippen molar-refractivity contribution in [3.63, 3.8) is 0 Å². The van der Waals surface area contributed by atoms with E-state index in [1.54, 1.807) is 30.3 Å². The Morgan fingerprint density at radius 3 is 2.30 bits per heavy atom. The van der Waals surface area contributed by atoms with Crippen molar-refractivity contribution in [1.82, 2.24) is 0 Å². The molecule has 20 heavy (non-hydrogen) atoms. The van der Waals surface area contributed by atoms with E-state index in [1.807, 2.05) is 0 Å². The van der Waals surface area contributed by atoms with Crippen molar-refractivity contribution in [3.05, 3.63) is 58.1 Å². The molecule has 1 aliphatic carbocycles. The molecule has 1 atom stereocenters. The number of rotatable bonds is 2. The number of carbonyl (C=O) groups excluding carboxylic acids is 1. The fourth-order valence-electron chi connectivity index (χ4n) is 1.92. The van der Waals surface area contributed by atoms with Crippen LogP contribution in [0, 0.1) is 0 Å². The summed E-state index contributed by atoms with van der Waals surface area (Å²) in [5.74, 6) is -0.271. The summed E-state index contributed by atoms with van der Waals surface area (Å²) in [7, 11) is 0. The van der Waals surface area contributed by atoms with Gasteiger partial charge in [-0.1, -0.05) is 68.3 Å². The average Bonchev–Trinajstić information content (AvgIpc) is 2.37. The predicted molar refractivity (Wildman–Crippen MR) is 78.2 cm³/mol. The highest BCUT2D eigenvalue weighted by Gasteiger charge is 2.42. The summed E-state index contributed by atoms with van der Waals surface area (Å²) in [6.45, 7) is 0. The summed E-state index contributed by atoms with van der Waals surface area (Å²) in [6.07, 6.45) is -2.19. The molecule has 0 amide bonds. The first-order valence-electron chi connectivity index (χ1n) is 5.69. The van der Waals surface area contributed by atoms with Crippen LogP contribution in [0.4, 0.5) is 13.2 Å². The molecule has 1 aromatic carbocycles. The molecule has 0 aromatic heterocycles. The van der Waals surface area contributed by atoms with Gasteiger partial charge in [0.05, 0.1) is 5.57 Å². The van der Waals surface area contributed by atoms with Crippen LogP contribution in [0.3, 0.4) is 0 Å². The molecule has 1 nitrogen and oxygen atoms in total. The minimum Gasteiger partial charge on any atom is -0.292 e. The van der Waals surface area contributed by atoms with Gasteiger partial charge in [-0.25, -0.2) is 0 Å². The quantitative estimate of drug-likeness (QED) is 0.486. The zero-order valence-corrected chi connectivity index (χ0v) is 13.2. The van der Waals surface area contributed by atoms with Crippen molar-refractivity contribution in [3.8, 4) is 0 Å². The van der Waals surface area contributed by atoms with Gasteiger partial charge in [-0.3, -0.25) is 4.79 Å². The Bertz CT molecular complexity index is 590. The van der Waals surface area contributed by atoms with Crippen LogP contribution in [-0.2, 0) is 0 Å². The summed E-state index contributed by atoms with van der Waals surface area (Å²) in [5, 5.41) is 0. The molecule has 106 valence electrons. The number of hydrogen-bond acceptors (Lipinski definition) is 1. The molecule has 0 aliphatic heterocycles. The molecule has 0 saturated carbocycles. The monoisotopic (exact) mass is 408 g/mol. The molecule has 2 rings (SSSR count). The molecule has 1 aliphatic rings. The van der Waals surface area contributed by atoms with E-state index >= 15 is 0 Å². The summed E-state index contributed by atoms with van der Waals surface area (Å²) >= 11 is 6.16. The Kier molecular flexibility index (Phi) is 4.25. The van der Waals surface area contributed by atoms with Crippen molar-refractivity contribution in [1.29, 1.82) is 0 Å². The Balaban J connectivity index is 2.32. The lowest BCUT2D eigenvalue weighted by molar-refractivity contribution is -0.0889. The van der Waals surface area contributed by atoms with E-state index in [-0.39, 0.29) is 16.7 Å². The molecule has 1 aromatic rings. The van der Waals surface area contributed by atoms with Crippen LogP contribution in [0.2, 0.25) is 0 Å². The second-order valence-corrected chi connectivity index (χ2v) is 6.64. The number of allylic oxidation sites excluding steroid dienone is 4. The highest BCUT2D eigenvalue weighted by Crippen LogP contribution is 2.43. The highest BCUT2D eigenvalue weighted by atomic mass is 79.9. The van der Waals surface area contributed by atoms with Gasteiger partial charge in [-0.15, -0.1) is 0 Å². The average molecular weight is 410 g/mol. The van der Waals surface area contributed by atoms with Gasteiger partial charge in [0, 0.05) is 10.0 Å². The van der Waals surface area contributed by atoms with Gasteiger partial charge in [0.2, 0.25) is 0 Å². The molecule has 6 heteroatoms. The predicted octanol–water partition coefficient (Wildman–Crippen LogP) is 5.17. The van der Waals surface area contributed by atoms with Gasteiger partial charge in [-0.2, -0.15) is 13.2 Å². The van der Waals surface area contributed by atoms with Gasteiger partial charge < -0.3 is 0 Å². The Labute approximate surface area is 130 Å². The maximum absolute atomic E-state index is 12.7. The number of benzene rings is 1. The van der Waals surface area contributed by atoms with Crippen molar-refractivity contribution in [2.24, 2.45) is 0 Å². The third kappa shape index (κ3) is 3.06. The van der Waals surface area contributed by atoms with Crippen LogP contribution in [0.25, 0.3) is 0 Å². The molecule has 0 radical (unpaired) electrons. The van der Waals surface area contributed by atoms with Crippen molar-refractivity contribution in [2.75, 3.05) is 0 Å². The molecular weight excluding hydrogens is 401 g/mol. The zero-order valence-electron chi connectivity index (χ0n) is 10.0. The molecule has 0 bridgehead atoms. The molecule has 0 N–H and O–H groups in total. The number of hydrogen-bond donors (Lipinski definition) is 0. The molecule has 0 saturated heterocycles. The van der Waals surface area contributed by atoms with Gasteiger partial charge in [0.1, 0.15) is 4.32 Å². The third-order valence-electron chi connectivity index (χ3n) is 2.93. The number of Topliss-reactive ketones (excluding diaryl/α,β-unsaturated/α-hetero) is 1. The maximum Gasteiger partial charge on any atom is 0.417 e. The number of ketones is 1. The lowest BCUT2D eigenvalue weighted by atomic mass is 9.89. The highest BCUT2D eigenvalue weighted by molar-refractivity contribution is 9.12. The fraction of sp³-hybridized carbons (Fsp3) is 0.214. The van der Waals surface area contributed by atoms with Crippen LogP contribution >= 0.6 is 31.9 Å². The van der Waals surface area contributed by atoms with Crippen molar-refractivity contribution >= 4 is 37.6 Å². The Morgan fingerprint density at radius 2 is 1.80 bits per heavy atom. The van der Waals surface area contributed by atoms with Gasteiger partial charge in [0.15, 0.2) is 5.78 Å². The number of alkyl halides is 4. The SMILES string of the molecule is O=C(c1ccccc1)C1(Br)C=C(Br)C(C(F)(F)F)=CC1. The molecule has 1 unspecified atom stereocenters. The van der Waals surface area contributed by atoms with E-state index in [2.05, 4.69) is 31.9 Å². The normalized spacial score (nSPS) is 23.1. The number of carbonyl (C=O) groups is 1. The molecule has 0 fully saturated rings. The van der Waals surface area contributed by atoms with Crippen LogP contribution < -0.4 is 0 Å². The molecular formula is C14H9Br2F3O. The second kappa shape index (κ2) is 5.48. The summed E-state index contributed by atoms with van der Waals surface area (Å²) in [4.78, 5) is 12.4. The third-order valence-corrected chi connectivity index (χ3v) is 4.50. The largest absolute Gasteiger partial charge is 0.417 e. The Morgan fingerprint density at radius 1 is 1.20 bits per heavy atom. The van der Waals surface area contributed by atoms with Crippen LogP contribution in [0.15, 0.2) is 52.5 Å². The second-order valence-electron chi connectivity index (χ2n) is 4.37. The van der Waals surface area contributed by atoms with Gasteiger partial charge in [-0.05, 0) is 12.5 Å². The summed E-state index contributed by atoms with van der Waals surface area (Å²) in [5.41, 5.74) is -0.307. The minimum atomic E-state index is -4.43. The fourth-order valence-corrected chi connectivity index (χ4v) is 3.63. The lowest BCUT2D eigenvalue weighted by Crippen LogP contribution is -2.32. The minimum absolute atomic E-state index is 0.0509. The van der Waals surface area contributed by atoms with Crippen LogP contribution in [0.1, 0.15) is 16.8 Å². The maximum atomic E-state index is 12.7.